The largest absolute Gasteiger partial charge is 0.331 e. The van der Waals surface area contributed by atoms with Crippen molar-refractivity contribution < 1.29 is 26.4 Å². The number of halogens is 1. The fourth-order valence-electron chi connectivity index (χ4n) is 4.30. The fraction of sp³-hybridized carbons (Fsp3) is 0.591. The number of hydrogen-bond acceptors (Lipinski definition) is 7. The molecule has 3 atom stereocenters. The molecule has 34 heavy (non-hydrogen) atoms. The van der Waals surface area contributed by atoms with Gasteiger partial charge in [0, 0.05) is 12.2 Å². The van der Waals surface area contributed by atoms with Gasteiger partial charge in [0.15, 0.2) is 10.5 Å². The van der Waals surface area contributed by atoms with Gasteiger partial charge in [0.1, 0.15) is 5.92 Å². The van der Waals surface area contributed by atoms with Crippen molar-refractivity contribution in [3.05, 3.63) is 18.2 Å². The van der Waals surface area contributed by atoms with Gasteiger partial charge in [-0.25, -0.2) is 16.8 Å². The van der Waals surface area contributed by atoms with Crippen molar-refractivity contribution in [3.8, 4) is 0 Å². The van der Waals surface area contributed by atoms with E-state index in [0.29, 0.717) is 18.9 Å². The molecule has 2 unspecified atom stereocenters. The van der Waals surface area contributed by atoms with Gasteiger partial charge in [0.2, 0.25) is 25.8 Å². The minimum Gasteiger partial charge on any atom is -0.331 e. The van der Waals surface area contributed by atoms with Gasteiger partial charge in [-0.3, -0.25) is 19.3 Å². The predicted molar refractivity (Wildman–Crippen MR) is 132 cm³/mol. The zero-order valence-electron chi connectivity index (χ0n) is 20.0. The first kappa shape index (κ1) is 26.6. The van der Waals surface area contributed by atoms with Crippen molar-refractivity contribution >= 4 is 60.2 Å². The van der Waals surface area contributed by atoms with Gasteiger partial charge in [-0.05, 0) is 36.0 Å². The van der Waals surface area contributed by atoms with Gasteiger partial charge in [-0.15, -0.1) is 0 Å². The molecule has 2 aliphatic heterocycles. The Hall–Kier alpha value is -1.98. The monoisotopic (exact) mass is 531 g/mol. The Morgan fingerprint density at radius 2 is 1.82 bits per heavy atom. The minimum absolute atomic E-state index is 0.000472. The molecule has 0 saturated carbocycles. The summed E-state index contributed by atoms with van der Waals surface area (Å²) in [5.41, 5.74) is -0.750. The van der Waals surface area contributed by atoms with E-state index in [1.165, 1.54) is 17.0 Å². The highest BCUT2D eigenvalue weighted by molar-refractivity contribution is 7.94. The lowest BCUT2D eigenvalue weighted by Gasteiger charge is -2.34. The van der Waals surface area contributed by atoms with Gasteiger partial charge in [0.05, 0.1) is 28.6 Å². The van der Waals surface area contributed by atoms with Crippen LogP contribution >= 0.6 is 11.6 Å². The van der Waals surface area contributed by atoms with Crippen LogP contribution in [0.3, 0.4) is 0 Å². The Kier molecular flexibility index (Phi) is 6.97. The normalized spacial score (nSPS) is 24.9. The molecule has 0 bridgehead atoms. The molecule has 1 saturated heterocycles. The lowest BCUT2D eigenvalue weighted by molar-refractivity contribution is -0.131. The third-order valence-electron chi connectivity index (χ3n) is 5.78. The van der Waals surface area contributed by atoms with Gasteiger partial charge in [-0.2, -0.15) is 0 Å². The second kappa shape index (κ2) is 8.91. The fourth-order valence-corrected chi connectivity index (χ4v) is 6.74. The maximum absolute atomic E-state index is 13.5. The summed E-state index contributed by atoms with van der Waals surface area (Å²) in [6.45, 7) is 9.97. The number of sulfone groups is 1. The van der Waals surface area contributed by atoms with Crippen LogP contribution in [-0.4, -0.2) is 62.7 Å². The topological polar surface area (TPSA) is 130 Å². The molecule has 2 aliphatic rings. The van der Waals surface area contributed by atoms with Crippen molar-refractivity contribution in [2.45, 2.75) is 56.7 Å². The van der Waals surface area contributed by atoms with Crippen molar-refractivity contribution in [2.75, 3.05) is 17.5 Å². The summed E-state index contributed by atoms with van der Waals surface area (Å²) in [6, 6.07) is 3.08. The molecule has 0 spiro atoms. The second-order valence-corrected chi connectivity index (χ2v) is 14.7. The lowest BCUT2D eigenvalue weighted by Crippen LogP contribution is -2.45. The van der Waals surface area contributed by atoms with Crippen LogP contribution in [0.25, 0.3) is 0 Å². The number of aliphatic imine (C=N–C) groups is 1. The predicted octanol–water partition coefficient (Wildman–Crippen LogP) is 2.97. The Morgan fingerprint density at radius 1 is 1.21 bits per heavy atom. The number of sulfonamides is 1. The number of benzene rings is 1. The molecule has 1 N–H and O–H groups in total. The summed E-state index contributed by atoms with van der Waals surface area (Å²) in [5, 5.41) is 0. The molecule has 1 amide bonds. The number of nitrogens with zero attached hydrogens (tertiary/aromatic N) is 2. The van der Waals surface area contributed by atoms with E-state index in [9.17, 15) is 26.4 Å². The standard InChI is InChI=1S/C22H30ClN3O6S2/c1-12(2)9-10-26-19(22(3,4)5)18(27)16(21(26)28)17-20(23)34(31,32)15-11-13(25-33(6,29)30)7-8-14(15)24-17/h7-8,11-12,16,19-20,25H,9-10H2,1-6H3/t16?,19-,20?/m1/s1. The summed E-state index contributed by atoms with van der Waals surface area (Å²) < 4.78 is 50.1. The van der Waals surface area contributed by atoms with E-state index in [2.05, 4.69) is 9.71 Å². The maximum Gasteiger partial charge on any atom is 0.239 e. The number of ketones is 1. The number of hydrogen-bond donors (Lipinski definition) is 1. The van der Waals surface area contributed by atoms with E-state index in [-0.39, 0.29) is 22.0 Å². The molecule has 3 rings (SSSR count). The molecule has 1 aromatic rings. The summed E-state index contributed by atoms with van der Waals surface area (Å²) in [5.74, 6) is -2.00. The van der Waals surface area contributed by atoms with Crippen LogP contribution in [0.1, 0.15) is 41.0 Å². The maximum atomic E-state index is 13.5. The Labute approximate surface area is 205 Å². The Bertz CT molecular complexity index is 1270. The molecule has 12 heteroatoms. The Balaban J connectivity index is 2.10. The van der Waals surface area contributed by atoms with E-state index in [1.54, 1.807) is 0 Å². The van der Waals surface area contributed by atoms with Crippen molar-refractivity contribution in [1.29, 1.82) is 0 Å². The molecule has 9 nitrogen and oxygen atoms in total. The molecule has 188 valence electrons. The van der Waals surface area contributed by atoms with E-state index in [4.69, 9.17) is 11.6 Å². The molecule has 1 aromatic carbocycles. The molecule has 0 aromatic heterocycles. The third-order valence-corrected chi connectivity index (χ3v) is 9.04. The van der Waals surface area contributed by atoms with Crippen molar-refractivity contribution in [1.82, 2.24) is 4.90 Å². The summed E-state index contributed by atoms with van der Waals surface area (Å²) in [4.78, 5) is 32.6. The minimum atomic E-state index is -4.25. The SMILES string of the molecule is CC(C)CCN1C(=O)C(C2=Nc3ccc(NS(C)(=O)=O)cc3S(=O)(=O)C2Cl)C(=O)[C@@H]1C(C)(C)C. The molecular formula is C22H30ClN3O6S2. The van der Waals surface area contributed by atoms with Crippen molar-refractivity contribution in [2.24, 2.45) is 22.2 Å². The number of rotatable bonds is 6. The summed E-state index contributed by atoms with van der Waals surface area (Å²) in [6.07, 6.45) is 1.63. The first-order chi connectivity index (χ1) is 15.4. The van der Waals surface area contributed by atoms with Gasteiger partial charge >= 0.3 is 0 Å². The zero-order chi connectivity index (χ0) is 25.8. The van der Waals surface area contributed by atoms with Gasteiger partial charge in [0.25, 0.3) is 0 Å². The Morgan fingerprint density at radius 3 is 2.35 bits per heavy atom. The number of alkyl halides is 1. The van der Waals surface area contributed by atoms with E-state index < -0.39 is 53.6 Å². The number of fused-ring (bicyclic) bond motifs is 1. The van der Waals surface area contributed by atoms with Crippen molar-refractivity contribution in [3.63, 3.8) is 0 Å². The van der Waals surface area contributed by atoms with Crippen LogP contribution in [0.4, 0.5) is 11.4 Å². The second-order valence-electron chi connectivity index (χ2n) is 10.3. The zero-order valence-corrected chi connectivity index (χ0v) is 22.4. The average Bonchev–Trinajstić information content (AvgIpc) is 2.92. The number of nitrogens with one attached hydrogen (secondary N) is 1. The third kappa shape index (κ3) is 5.01. The average molecular weight is 532 g/mol. The van der Waals surface area contributed by atoms with Crippen LogP contribution in [-0.2, 0) is 29.4 Å². The van der Waals surface area contributed by atoms with E-state index in [1.807, 2.05) is 34.6 Å². The molecule has 0 radical (unpaired) electrons. The number of likely N-dealkylation sites (tertiary alicyclic amines) is 1. The summed E-state index contributed by atoms with van der Waals surface area (Å²) >= 11 is 6.36. The van der Waals surface area contributed by atoms with Crippen LogP contribution < -0.4 is 4.72 Å². The quantitative estimate of drug-likeness (QED) is 0.443. The molecular weight excluding hydrogens is 502 g/mol. The molecule has 0 aliphatic carbocycles. The van der Waals surface area contributed by atoms with Crippen LogP contribution in [0.2, 0.25) is 0 Å². The van der Waals surface area contributed by atoms with Gasteiger partial charge in [-0.1, -0.05) is 46.2 Å². The van der Waals surface area contributed by atoms with Crippen LogP contribution in [0, 0.1) is 17.3 Å². The van der Waals surface area contributed by atoms with Gasteiger partial charge < -0.3 is 4.90 Å². The lowest BCUT2D eigenvalue weighted by atomic mass is 9.82. The number of carbonyl (C=O) groups is 2. The van der Waals surface area contributed by atoms with E-state index >= 15 is 0 Å². The first-order valence-electron chi connectivity index (χ1n) is 10.9. The first-order valence-corrected chi connectivity index (χ1v) is 14.7. The molecule has 2 heterocycles. The number of carbonyl (C=O) groups excluding carboxylic acids is 2. The summed E-state index contributed by atoms with van der Waals surface area (Å²) in [7, 11) is -7.89. The van der Waals surface area contributed by atoms with Crippen LogP contribution in [0.15, 0.2) is 28.1 Å². The highest BCUT2D eigenvalue weighted by Crippen LogP contribution is 2.42. The highest BCUT2D eigenvalue weighted by Gasteiger charge is 2.56. The number of anilines is 1. The number of amides is 1. The van der Waals surface area contributed by atoms with E-state index in [0.717, 1.165) is 12.3 Å². The smallest absolute Gasteiger partial charge is 0.239 e. The molecule has 1 fully saturated rings. The van der Waals surface area contributed by atoms with Crippen LogP contribution in [0.5, 0.6) is 0 Å². The number of Topliss-reactive ketones (excluding diaryl/α,β-unsaturated/α-hetero) is 1. The highest BCUT2D eigenvalue weighted by atomic mass is 35.5.